The molecule has 5 nitrogen and oxygen atoms in total. The fraction of sp³-hybridized carbons (Fsp3) is 0.917. The van der Waals surface area contributed by atoms with Crippen LogP contribution in [0.25, 0.3) is 0 Å². The summed E-state index contributed by atoms with van der Waals surface area (Å²) in [6, 6.07) is 0. The summed E-state index contributed by atoms with van der Waals surface area (Å²) < 4.78 is 5.13. The predicted octanol–water partition coefficient (Wildman–Crippen LogP) is 0.150. The van der Waals surface area contributed by atoms with Crippen molar-refractivity contribution in [1.29, 1.82) is 0 Å². The number of nitrogens with two attached hydrogens (primary N) is 1. The van der Waals surface area contributed by atoms with E-state index in [-0.39, 0.29) is 12.0 Å². The summed E-state index contributed by atoms with van der Waals surface area (Å²) in [4.78, 5) is 15.9. The third kappa shape index (κ3) is 7.31. The van der Waals surface area contributed by atoms with Crippen LogP contribution >= 0.6 is 0 Å². The second-order valence-electron chi connectivity index (χ2n) is 4.43. The van der Waals surface area contributed by atoms with Crippen LogP contribution in [0, 0.1) is 0 Å². The van der Waals surface area contributed by atoms with Crippen molar-refractivity contribution in [1.82, 2.24) is 9.80 Å². The average Bonchev–Trinajstić information content (AvgIpc) is 2.30. The Kier molecular flexibility index (Phi) is 9.03. The van der Waals surface area contributed by atoms with Gasteiger partial charge in [0.05, 0.1) is 12.5 Å². The monoisotopic (exact) mass is 245 g/mol. The Hall–Kier alpha value is -0.650. The predicted molar refractivity (Wildman–Crippen MR) is 69.9 cm³/mol. The minimum Gasteiger partial charge on any atom is -0.380 e. The Morgan fingerprint density at radius 2 is 2.00 bits per heavy atom. The highest BCUT2D eigenvalue weighted by Gasteiger charge is 2.16. The average molecular weight is 245 g/mol. The van der Waals surface area contributed by atoms with Crippen LogP contribution in [0.1, 0.15) is 19.8 Å². The molecule has 17 heavy (non-hydrogen) atoms. The van der Waals surface area contributed by atoms with E-state index in [1.165, 1.54) is 0 Å². The first kappa shape index (κ1) is 16.4. The fourth-order valence-electron chi connectivity index (χ4n) is 1.62. The van der Waals surface area contributed by atoms with Gasteiger partial charge >= 0.3 is 0 Å². The topological polar surface area (TPSA) is 58.8 Å². The third-order valence-corrected chi connectivity index (χ3v) is 2.77. The van der Waals surface area contributed by atoms with Gasteiger partial charge in [-0.2, -0.15) is 0 Å². The first-order chi connectivity index (χ1) is 8.04. The highest BCUT2D eigenvalue weighted by molar-refractivity contribution is 5.76. The Bertz CT molecular complexity index is 206. The van der Waals surface area contributed by atoms with E-state index >= 15 is 0 Å². The van der Waals surface area contributed by atoms with E-state index in [0.717, 1.165) is 26.1 Å². The van der Waals surface area contributed by atoms with Gasteiger partial charge in [-0.3, -0.25) is 4.79 Å². The van der Waals surface area contributed by atoms with Gasteiger partial charge in [0.1, 0.15) is 0 Å². The van der Waals surface area contributed by atoms with Crippen molar-refractivity contribution in [2.24, 2.45) is 5.73 Å². The number of nitrogens with zero attached hydrogens (tertiary/aromatic N) is 2. The summed E-state index contributed by atoms with van der Waals surface area (Å²) in [7, 11) is 5.66. The molecule has 0 rings (SSSR count). The number of amides is 1. The SMILES string of the molecule is CCN(CCCN(C)C)C(=O)CC(CN)OC. The van der Waals surface area contributed by atoms with E-state index in [2.05, 4.69) is 4.90 Å². The maximum atomic E-state index is 12.0. The lowest BCUT2D eigenvalue weighted by molar-refractivity contribution is -0.133. The lowest BCUT2D eigenvalue weighted by Crippen LogP contribution is -2.37. The van der Waals surface area contributed by atoms with Gasteiger partial charge in [-0.25, -0.2) is 0 Å². The van der Waals surface area contributed by atoms with Crippen molar-refractivity contribution in [2.75, 3.05) is 47.4 Å². The lowest BCUT2D eigenvalue weighted by Gasteiger charge is -2.23. The van der Waals surface area contributed by atoms with Crippen LogP contribution in [0.5, 0.6) is 0 Å². The zero-order valence-corrected chi connectivity index (χ0v) is 11.6. The Morgan fingerprint density at radius 1 is 1.35 bits per heavy atom. The van der Waals surface area contributed by atoms with Crippen LogP contribution in [-0.2, 0) is 9.53 Å². The van der Waals surface area contributed by atoms with Crippen molar-refractivity contribution in [2.45, 2.75) is 25.9 Å². The zero-order valence-electron chi connectivity index (χ0n) is 11.6. The van der Waals surface area contributed by atoms with Gasteiger partial charge < -0.3 is 20.3 Å². The first-order valence-corrected chi connectivity index (χ1v) is 6.20. The molecular weight excluding hydrogens is 218 g/mol. The van der Waals surface area contributed by atoms with Crippen LogP contribution in [0.15, 0.2) is 0 Å². The van der Waals surface area contributed by atoms with Crippen LogP contribution in [0.2, 0.25) is 0 Å². The molecule has 102 valence electrons. The number of methoxy groups -OCH3 is 1. The zero-order chi connectivity index (χ0) is 13.3. The van der Waals surface area contributed by atoms with Crippen molar-refractivity contribution in [3.8, 4) is 0 Å². The standard InChI is InChI=1S/C12H27N3O2/c1-5-15(8-6-7-14(2)3)12(16)9-11(10-13)17-4/h11H,5-10,13H2,1-4H3. The van der Waals surface area contributed by atoms with Crippen LogP contribution < -0.4 is 5.73 Å². The van der Waals surface area contributed by atoms with Gasteiger partial charge in [-0.15, -0.1) is 0 Å². The molecule has 0 radical (unpaired) electrons. The second kappa shape index (κ2) is 9.39. The van der Waals surface area contributed by atoms with Crippen LogP contribution in [-0.4, -0.2) is 69.2 Å². The first-order valence-electron chi connectivity index (χ1n) is 6.20. The second-order valence-corrected chi connectivity index (χ2v) is 4.43. The summed E-state index contributed by atoms with van der Waals surface area (Å²) >= 11 is 0. The molecule has 0 fully saturated rings. The van der Waals surface area contributed by atoms with Gasteiger partial charge in [-0.05, 0) is 34.0 Å². The highest BCUT2D eigenvalue weighted by atomic mass is 16.5. The summed E-state index contributed by atoms with van der Waals surface area (Å²) in [5.41, 5.74) is 5.51. The molecule has 0 aliphatic rings. The van der Waals surface area contributed by atoms with Crippen molar-refractivity contribution in [3.63, 3.8) is 0 Å². The summed E-state index contributed by atoms with van der Waals surface area (Å²) in [6.07, 6.45) is 1.21. The number of carbonyl (C=O) groups excluding carboxylic acids is 1. The molecule has 0 aliphatic carbocycles. The normalized spacial score (nSPS) is 12.8. The van der Waals surface area contributed by atoms with Crippen LogP contribution in [0.3, 0.4) is 0 Å². The minimum absolute atomic E-state index is 0.128. The maximum Gasteiger partial charge on any atom is 0.225 e. The van der Waals surface area contributed by atoms with Crippen molar-refractivity contribution >= 4 is 5.91 Å². The highest BCUT2D eigenvalue weighted by Crippen LogP contribution is 2.02. The molecule has 1 unspecified atom stereocenters. The molecule has 0 aromatic heterocycles. The molecule has 1 atom stereocenters. The van der Waals surface area contributed by atoms with Crippen molar-refractivity contribution in [3.05, 3.63) is 0 Å². The lowest BCUT2D eigenvalue weighted by atomic mass is 10.2. The van der Waals surface area contributed by atoms with E-state index in [1.54, 1.807) is 7.11 Å². The van der Waals surface area contributed by atoms with E-state index in [1.807, 2.05) is 25.9 Å². The largest absolute Gasteiger partial charge is 0.380 e. The molecule has 0 saturated heterocycles. The van der Waals surface area contributed by atoms with E-state index < -0.39 is 0 Å². The maximum absolute atomic E-state index is 12.0. The Labute approximate surface area is 105 Å². The Morgan fingerprint density at radius 3 is 2.41 bits per heavy atom. The van der Waals surface area contributed by atoms with Gasteiger partial charge in [-0.1, -0.05) is 0 Å². The van der Waals surface area contributed by atoms with Gasteiger partial charge in [0, 0.05) is 26.7 Å². The quantitative estimate of drug-likeness (QED) is 0.628. The Balaban J connectivity index is 4.02. The molecule has 5 heteroatoms. The summed E-state index contributed by atoms with van der Waals surface area (Å²) in [6.45, 7) is 4.92. The third-order valence-electron chi connectivity index (χ3n) is 2.77. The molecule has 2 N–H and O–H groups in total. The molecule has 0 saturated carbocycles. The van der Waals surface area contributed by atoms with Crippen LogP contribution in [0.4, 0.5) is 0 Å². The van der Waals surface area contributed by atoms with E-state index in [9.17, 15) is 4.79 Å². The number of ether oxygens (including phenoxy) is 1. The van der Waals surface area contributed by atoms with Gasteiger partial charge in [0.15, 0.2) is 0 Å². The molecule has 0 spiro atoms. The fourth-order valence-corrected chi connectivity index (χ4v) is 1.62. The molecule has 0 bridgehead atoms. The molecule has 0 heterocycles. The number of hydrogen-bond donors (Lipinski definition) is 1. The number of hydrogen-bond acceptors (Lipinski definition) is 4. The molecule has 0 aliphatic heterocycles. The molecular formula is C12H27N3O2. The smallest absolute Gasteiger partial charge is 0.225 e. The van der Waals surface area contributed by atoms with Gasteiger partial charge in [0.2, 0.25) is 5.91 Å². The summed E-state index contributed by atoms with van der Waals surface area (Å²) in [5.74, 6) is 0.128. The molecule has 0 aromatic carbocycles. The van der Waals surface area contributed by atoms with E-state index in [4.69, 9.17) is 10.5 Å². The van der Waals surface area contributed by atoms with Gasteiger partial charge in [0.25, 0.3) is 0 Å². The molecule has 1 amide bonds. The number of carbonyl (C=O) groups is 1. The number of rotatable bonds is 9. The van der Waals surface area contributed by atoms with E-state index in [0.29, 0.717) is 13.0 Å². The minimum atomic E-state index is -0.162. The summed E-state index contributed by atoms with van der Waals surface area (Å²) in [5, 5.41) is 0. The molecule has 0 aromatic rings. The van der Waals surface area contributed by atoms with Crippen molar-refractivity contribution < 1.29 is 9.53 Å².